The zero-order valence-electron chi connectivity index (χ0n) is 12.7. The summed E-state index contributed by atoms with van der Waals surface area (Å²) in [5, 5.41) is 0. The smallest absolute Gasteiger partial charge is 0.129 e. The lowest BCUT2D eigenvalue weighted by molar-refractivity contribution is 0.313. The zero-order chi connectivity index (χ0) is 14.7. The van der Waals surface area contributed by atoms with E-state index >= 15 is 0 Å². The Morgan fingerprint density at radius 2 is 2.00 bits per heavy atom. The van der Waals surface area contributed by atoms with Gasteiger partial charge >= 0.3 is 0 Å². The van der Waals surface area contributed by atoms with Gasteiger partial charge in [0.1, 0.15) is 10.8 Å². The largest absolute Gasteiger partial charge is 0.389 e. The summed E-state index contributed by atoms with van der Waals surface area (Å²) in [6.07, 6.45) is 6.49. The summed E-state index contributed by atoms with van der Waals surface area (Å²) in [4.78, 5) is 7.39. The highest BCUT2D eigenvalue weighted by atomic mass is 32.1. The molecule has 4 heteroatoms. The Hall–Kier alpha value is -1.16. The third-order valence-corrected chi connectivity index (χ3v) is 4.76. The Morgan fingerprint density at radius 3 is 2.55 bits per heavy atom. The Bertz CT molecular complexity index is 479. The summed E-state index contributed by atoms with van der Waals surface area (Å²) in [5.41, 5.74) is 7.64. The zero-order valence-corrected chi connectivity index (χ0v) is 13.5. The fourth-order valence-electron chi connectivity index (χ4n) is 3.10. The normalized spacial score (nSPS) is 22.6. The molecule has 0 amide bonds. The molecule has 0 unspecified atom stereocenters. The van der Waals surface area contributed by atoms with Crippen molar-refractivity contribution in [3.05, 3.63) is 23.4 Å². The number of anilines is 1. The fraction of sp³-hybridized carbons (Fsp3) is 0.625. The third kappa shape index (κ3) is 3.48. The van der Waals surface area contributed by atoms with Crippen molar-refractivity contribution in [3.8, 4) is 0 Å². The van der Waals surface area contributed by atoms with Gasteiger partial charge in [-0.2, -0.15) is 0 Å². The molecule has 1 aromatic heterocycles. The van der Waals surface area contributed by atoms with Crippen LogP contribution in [0.2, 0.25) is 0 Å². The van der Waals surface area contributed by atoms with Crippen LogP contribution in [0.4, 0.5) is 5.82 Å². The lowest BCUT2D eigenvalue weighted by Crippen LogP contribution is -2.36. The van der Waals surface area contributed by atoms with E-state index in [0.717, 1.165) is 23.0 Å². The number of aromatic nitrogens is 1. The van der Waals surface area contributed by atoms with E-state index in [2.05, 4.69) is 23.9 Å². The fourth-order valence-corrected chi connectivity index (χ4v) is 3.22. The summed E-state index contributed by atoms with van der Waals surface area (Å²) in [5.74, 6) is 1.91. The molecule has 20 heavy (non-hydrogen) atoms. The number of hydrogen-bond acceptors (Lipinski definition) is 3. The number of pyridine rings is 1. The average Bonchev–Trinajstić information content (AvgIpc) is 2.46. The maximum atomic E-state index is 5.75. The Kier molecular flexibility index (Phi) is 4.97. The van der Waals surface area contributed by atoms with Gasteiger partial charge in [0.2, 0.25) is 0 Å². The van der Waals surface area contributed by atoms with Gasteiger partial charge in [0.05, 0.1) is 0 Å². The number of thiocarbonyl (C=S) groups is 1. The summed E-state index contributed by atoms with van der Waals surface area (Å²) in [6, 6.07) is 4.56. The molecule has 0 radical (unpaired) electrons. The van der Waals surface area contributed by atoms with Crippen molar-refractivity contribution in [2.75, 3.05) is 11.9 Å². The van der Waals surface area contributed by atoms with Crippen molar-refractivity contribution in [1.29, 1.82) is 0 Å². The minimum absolute atomic E-state index is 0.444. The van der Waals surface area contributed by atoms with Crippen molar-refractivity contribution in [2.45, 2.75) is 52.0 Å². The maximum Gasteiger partial charge on any atom is 0.129 e. The molecule has 0 atom stereocenters. The van der Waals surface area contributed by atoms with E-state index in [1.54, 1.807) is 0 Å². The molecule has 110 valence electrons. The summed E-state index contributed by atoms with van der Waals surface area (Å²) in [6.45, 7) is 4.29. The molecule has 2 N–H and O–H groups in total. The SMILES string of the molecule is CCC1CCC(N(C)c2cc(C(N)=S)cc(C)n2)CC1. The molecule has 0 aliphatic heterocycles. The van der Waals surface area contributed by atoms with Crippen LogP contribution in [0.1, 0.15) is 50.3 Å². The summed E-state index contributed by atoms with van der Waals surface area (Å²) < 4.78 is 0. The molecule has 1 heterocycles. The molecule has 3 nitrogen and oxygen atoms in total. The number of aryl methyl sites for hydroxylation is 1. The molecular formula is C16H25N3S. The molecular weight excluding hydrogens is 266 g/mol. The number of hydrogen-bond donors (Lipinski definition) is 1. The summed E-state index contributed by atoms with van der Waals surface area (Å²) >= 11 is 5.09. The van der Waals surface area contributed by atoms with Crippen LogP contribution < -0.4 is 10.6 Å². The van der Waals surface area contributed by atoms with Gasteiger partial charge in [-0.15, -0.1) is 0 Å². The average molecular weight is 291 g/mol. The van der Waals surface area contributed by atoms with Crippen molar-refractivity contribution in [1.82, 2.24) is 4.98 Å². The molecule has 1 aliphatic carbocycles. The quantitative estimate of drug-likeness (QED) is 0.863. The maximum absolute atomic E-state index is 5.75. The van der Waals surface area contributed by atoms with Crippen molar-refractivity contribution >= 4 is 23.0 Å². The Balaban J connectivity index is 2.13. The minimum atomic E-state index is 0.444. The first-order valence-corrected chi connectivity index (χ1v) is 7.93. The molecule has 1 saturated carbocycles. The molecule has 0 aromatic carbocycles. The second kappa shape index (κ2) is 6.53. The predicted octanol–water partition coefficient (Wildman–Crippen LogP) is 3.43. The second-order valence-corrected chi connectivity index (χ2v) is 6.35. The number of nitrogens with zero attached hydrogens (tertiary/aromatic N) is 2. The van der Waals surface area contributed by atoms with Gasteiger partial charge in [-0.05, 0) is 50.7 Å². The van der Waals surface area contributed by atoms with E-state index in [1.807, 2.05) is 19.1 Å². The van der Waals surface area contributed by atoms with E-state index in [9.17, 15) is 0 Å². The van der Waals surface area contributed by atoms with Gasteiger partial charge in [-0.25, -0.2) is 4.98 Å². The highest BCUT2D eigenvalue weighted by molar-refractivity contribution is 7.80. The van der Waals surface area contributed by atoms with E-state index in [4.69, 9.17) is 18.0 Å². The van der Waals surface area contributed by atoms with E-state index in [0.29, 0.717) is 11.0 Å². The van der Waals surface area contributed by atoms with Crippen molar-refractivity contribution in [2.24, 2.45) is 11.7 Å². The van der Waals surface area contributed by atoms with Crippen LogP contribution in [0.25, 0.3) is 0 Å². The van der Waals surface area contributed by atoms with Gasteiger partial charge in [0, 0.05) is 24.3 Å². The number of rotatable bonds is 4. The van der Waals surface area contributed by atoms with Crippen LogP contribution in [0.5, 0.6) is 0 Å². The van der Waals surface area contributed by atoms with Crippen LogP contribution in [0, 0.1) is 12.8 Å². The highest BCUT2D eigenvalue weighted by Gasteiger charge is 2.24. The van der Waals surface area contributed by atoms with E-state index in [1.165, 1.54) is 32.1 Å². The van der Waals surface area contributed by atoms with Crippen LogP contribution in [-0.2, 0) is 0 Å². The second-order valence-electron chi connectivity index (χ2n) is 5.91. The van der Waals surface area contributed by atoms with Crippen LogP contribution >= 0.6 is 12.2 Å². The molecule has 0 spiro atoms. The van der Waals surface area contributed by atoms with Crippen LogP contribution in [0.15, 0.2) is 12.1 Å². The molecule has 1 fully saturated rings. The Morgan fingerprint density at radius 1 is 1.35 bits per heavy atom. The van der Waals surface area contributed by atoms with Gasteiger partial charge in [-0.1, -0.05) is 25.6 Å². The topological polar surface area (TPSA) is 42.1 Å². The van der Waals surface area contributed by atoms with Crippen LogP contribution in [0.3, 0.4) is 0 Å². The lowest BCUT2D eigenvalue weighted by atomic mass is 9.84. The molecule has 1 aliphatic rings. The lowest BCUT2D eigenvalue weighted by Gasteiger charge is -2.35. The van der Waals surface area contributed by atoms with Gasteiger partial charge in [-0.3, -0.25) is 0 Å². The monoisotopic (exact) mass is 291 g/mol. The summed E-state index contributed by atoms with van der Waals surface area (Å²) in [7, 11) is 2.14. The molecule has 0 bridgehead atoms. The first-order valence-electron chi connectivity index (χ1n) is 7.52. The third-order valence-electron chi connectivity index (χ3n) is 4.53. The highest BCUT2D eigenvalue weighted by Crippen LogP contribution is 2.30. The molecule has 0 saturated heterocycles. The van der Waals surface area contributed by atoms with E-state index < -0.39 is 0 Å². The Labute approximate surface area is 127 Å². The first kappa shape index (κ1) is 15.2. The predicted molar refractivity (Wildman–Crippen MR) is 89.3 cm³/mol. The van der Waals surface area contributed by atoms with Crippen LogP contribution in [-0.4, -0.2) is 23.1 Å². The van der Waals surface area contributed by atoms with Gasteiger partial charge in [0.15, 0.2) is 0 Å². The van der Waals surface area contributed by atoms with Gasteiger partial charge in [0.25, 0.3) is 0 Å². The minimum Gasteiger partial charge on any atom is -0.389 e. The van der Waals surface area contributed by atoms with E-state index in [-0.39, 0.29) is 0 Å². The number of nitrogens with two attached hydrogens (primary N) is 1. The standard InChI is InChI=1S/C16H25N3S/c1-4-12-5-7-14(8-6-12)19(3)15-10-13(16(17)20)9-11(2)18-15/h9-10,12,14H,4-8H2,1-3H3,(H2,17,20). The first-order chi connectivity index (χ1) is 9.51. The van der Waals surface area contributed by atoms with Gasteiger partial charge < -0.3 is 10.6 Å². The molecule has 2 rings (SSSR count). The van der Waals surface area contributed by atoms with Crippen molar-refractivity contribution in [3.63, 3.8) is 0 Å². The molecule has 1 aromatic rings. The van der Waals surface area contributed by atoms with Crippen molar-refractivity contribution < 1.29 is 0 Å².